The van der Waals surface area contributed by atoms with Gasteiger partial charge in [0.05, 0.1) is 31.3 Å². The molecule has 1 fully saturated rings. The van der Waals surface area contributed by atoms with Crippen molar-refractivity contribution < 1.29 is 19.2 Å². The summed E-state index contributed by atoms with van der Waals surface area (Å²) in [5, 5.41) is 1.54. The highest BCUT2D eigenvalue weighted by atomic mass is 16.7. The fourth-order valence-electron chi connectivity index (χ4n) is 2.30. The maximum atomic E-state index is 11.4. The van der Waals surface area contributed by atoms with E-state index in [0.717, 1.165) is 25.7 Å². The minimum absolute atomic E-state index is 0.00407. The van der Waals surface area contributed by atoms with Crippen molar-refractivity contribution in [3.63, 3.8) is 0 Å². The standard InChI is InChI=1S/C12H17NO4/c1-16-12(15)9-7-11(14)17-13(8-9)10-5-3-2-4-6-10/h8,10H,2-7H2,1H3. The molecule has 1 aliphatic heterocycles. The van der Waals surface area contributed by atoms with E-state index in [2.05, 4.69) is 4.74 Å². The molecule has 1 saturated carbocycles. The molecule has 2 aliphatic rings. The summed E-state index contributed by atoms with van der Waals surface area (Å²) < 4.78 is 4.63. The molecule has 2 rings (SSSR count). The van der Waals surface area contributed by atoms with Gasteiger partial charge in [0.1, 0.15) is 0 Å². The maximum Gasteiger partial charge on any atom is 0.337 e. The average molecular weight is 239 g/mol. The summed E-state index contributed by atoms with van der Waals surface area (Å²) >= 11 is 0. The second kappa shape index (κ2) is 5.21. The van der Waals surface area contributed by atoms with Crippen LogP contribution in [0.25, 0.3) is 0 Å². The fraction of sp³-hybridized carbons (Fsp3) is 0.667. The SMILES string of the molecule is COC(=O)C1=CN(C2CCCCC2)OC(=O)C1. The van der Waals surface area contributed by atoms with Crippen molar-refractivity contribution in [2.75, 3.05) is 7.11 Å². The molecule has 0 saturated heterocycles. The summed E-state index contributed by atoms with van der Waals surface area (Å²) in [5.41, 5.74) is 0.370. The number of nitrogens with zero attached hydrogens (tertiary/aromatic N) is 1. The van der Waals surface area contributed by atoms with Crippen LogP contribution >= 0.6 is 0 Å². The molecule has 5 heteroatoms. The Labute approximate surface area is 100 Å². The molecule has 0 aromatic carbocycles. The maximum absolute atomic E-state index is 11.4. The molecule has 0 N–H and O–H groups in total. The van der Waals surface area contributed by atoms with Crippen LogP contribution in [-0.4, -0.2) is 30.2 Å². The monoisotopic (exact) mass is 239 g/mol. The lowest BCUT2D eigenvalue weighted by molar-refractivity contribution is -0.192. The van der Waals surface area contributed by atoms with Gasteiger partial charge in [-0.25, -0.2) is 14.7 Å². The molecule has 0 amide bonds. The highest BCUT2D eigenvalue weighted by Crippen LogP contribution is 2.26. The quantitative estimate of drug-likeness (QED) is 0.684. The lowest BCUT2D eigenvalue weighted by Gasteiger charge is -2.33. The first kappa shape index (κ1) is 12.0. The first-order valence-electron chi connectivity index (χ1n) is 5.99. The molecular weight excluding hydrogens is 222 g/mol. The van der Waals surface area contributed by atoms with Crippen LogP contribution in [0.5, 0.6) is 0 Å². The van der Waals surface area contributed by atoms with E-state index in [-0.39, 0.29) is 12.5 Å². The minimum atomic E-state index is -0.456. The van der Waals surface area contributed by atoms with Crippen LogP contribution in [0, 0.1) is 0 Å². The third-order valence-corrected chi connectivity index (χ3v) is 3.21. The average Bonchev–Trinajstić information content (AvgIpc) is 2.38. The van der Waals surface area contributed by atoms with Crippen molar-refractivity contribution in [3.8, 4) is 0 Å². The Morgan fingerprint density at radius 1 is 1.41 bits per heavy atom. The number of methoxy groups -OCH3 is 1. The molecule has 0 unspecified atom stereocenters. The first-order valence-corrected chi connectivity index (χ1v) is 5.99. The van der Waals surface area contributed by atoms with E-state index in [0.29, 0.717) is 5.57 Å². The molecule has 0 aromatic heterocycles. The second-order valence-electron chi connectivity index (χ2n) is 4.44. The molecular formula is C12H17NO4. The van der Waals surface area contributed by atoms with E-state index in [1.54, 1.807) is 6.20 Å². The van der Waals surface area contributed by atoms with Gasteiger partial charge in [-0.05, 0) is 12.8 Å². The number of ether oxygens (including phenoxy) is 1. The predicted octanol–water partition coefficient (Wildman–Crippen LogP) is 1.54. The Morgan fingerprint density at radius 2 is 2.12 bits per heavy atom. The van der Waals surface area contributed by atoms with Crippen molar-refractivity contribution in [2.24, 2.45) is 0 Å². The van der Waals surface area contributed by atoms with E-state index in [1.165, 1.54) is 18.6 Å². The Kier molecular flexibility index (Phi) is 3.66. The van der Waals surface area contributed by atoms with Crippen LogP contribution in [0.15, 0.2) is 11.8 Å². The Hall–Kier alpha value is -1.52. The van der Waals surface area contributed by atoms with Gasteiger partial charge in [-0.3, -0.25) is 0 Å². The molecule has 1 aliphatic carbocycles. The van der Waals surface area contributed by atoms with Crippen molar-refractivity contribution in [3.05, 3.63) is 11.8 Å². The Bertz CT molecular complexity index is 344. The molecule has 0 radical (unpaired) electrons. The van der Waals surface area contributed by atoms with Crippen molar-refractivity contribution >= 4 is 11.9 Å². The predicted molar refractivity (Wildman–Crippen MR) is 59.5 cm³/mol. The van der Waals surface area contributed by atoms with Crippen molar-refractivity contribution in [2.45, 2.75) is 44.6 Å². The number of carbonyl (C=O) groups is 2. The summed E-state index contributed by atoms with van der Waals surface area (Å²) in [7, 11) is 1.31. The minimum Gasteiger partial charge on any atom is -0.466 e. The van der Waals surface area contributed by atoms with E-state index < -0.39 is 11.9 Å². The number of esters is 1. The largest absolute Gasteiger partial charge is 0.466 e. The third-order valence-electron chi connectivity index (χ3n) is 3.21. The van der Waals surface area contributed by atoms with Crippen LogP contribution in [-0.2, 0) is 19.2 Å². The van der Waals surface area contributed by atoms with Crippen LogP contribution in [0.3, 0.4) is 0 Å². The highest BCUT2D eigenvalue weighted by molar-refractivity contribution is 5.94. The lowest BCUT2D eigenvalue weighted by Crippen LogP contribution is -2.38. The topological polar surface area (TPSA) is 55.8 Å². The fourth-order valence-corrected chi connectivity index (χ4v) is 2.30. The van der Waals surface area contributed by atoms with E-state index >= 15 is 0 Å². The van der Waals surface area contributed by atoms with Gasteiger partial charge in [-0.2, -0.15) is 0 Å². The smallest absolute Gasteiger partial charge is 0.337 e. The first-order chi connectivity index (χ1) is 8.20. The number of carbonyl (C=O) groups excluding carboxylic acids is 2. The van der Waals surface area contributed by atoms with Crippen LogP contribution in [0.2, 0.25) is 0 Å². The van der Waals surface area contributed by atoms with Crippen LogP contribution in [0.1, 0.15) is 38.5 Å². The van der Waals surface area contributed by atoms with Gasteiger partial charge < -0.3 is 9.57 Å². The zero-order valence-electron chi connectivity index (χ0n) is 9.98. The third kappa shape index (κ3) is 2.78. The number of hydroxylamine groups is 2. The Balaban J connectivity index is 2.10. The van der Waals surface area contributed by atoms with Crippen LogP contribution in [0.4, 0.5) is 0 Å². The van der Waals surface area contributed by atoms with Gasteiger partial charge in [0.25, 0.3) is 0 Å². The summed E-state index contributed by atoms with van der Waals surface area (Å²) in [6, 6.07) is 0.202. The summed E-state index contributed by atoms with van der Waals surface area (Å²) in [5.74, 6) is -0.846. The van der Waals surface area contributed by atoms with E-state index in [4.69, 9.17) is 4.84 Å². The van der Waals surface area contributed by atoms with E-state index in [9.17, 15) is 9.59 Å². The van der Waals surface area contributed by atoms with Gasteiger partial charge in [0.2, 0.25) is 0 Å². The number of rotatable bonds is 2. The summed E-state index contributed by atoms with van der Waals surface area (Å²) in [4.78, 5) is 28.0. The lowest BCUT2D eigenvalue weighted by atomic mass is 9.95. The van der Waals surface area contributed by atoms with Gasteiger partial charge >= 0.3 is 11.9 Å². The van der Waals surface area contributed by atoms with Crippen molar-refractivity contribution in [1.29, 1.82) is 0 Å². The summed E-state index contributed by atoms with van der Waals surface area (Å²) in [6.07, 6.45) is 7.11. The second-order valence-corrected chi connectivity index (χ2v) is 4.44. The zero-order chi connectivity index (χ0) is 12.3. The molecule has 0 atom stereocenters. The molecule has 94 valence electrons. The normalized spacial score (nSPS) is 21.8. The molecule has 1 heterocycles. The highest BCUT2D eigenvalue weighted by Gasteiger charge is 2.29. The van der Waals surface area contributed by atoms with Gasteiger partial charge in [-0.1, -0.05) is 19.3 Å². The van der Waals surface area contributed by atoms with E-state index in [1.807, 2.05) is 0 Å². The van der Waals surface area contributed by atoms with Gasteiger partial charge in [0, 0.05) is 0 Å². The van der Waals surface area contributed by atoms with Crippen LogP contribution < -0.4 is 0 Å². The van der Waals surface area contributed by atoms with Gasteiger partial charge in [0.15, 0.2) is 0 Å². The van der Waals surface area contributed by atoms with Crippen molar-refractivity contribution in [1.82, 2.24) is 5.06 Å². The molecule has 5 nitrogen and oxygen atoms in total. The van der Waals surface area contributed by atoms with Gasteiger partial charge in [-0.15, -0.1) is 0 Å². The Morgan fingerprint density at radius 3 is 2.76 bits per heavy atom. The molecule has 0 spiro atoms. The zero-order valence-corrected chi connectivity index (χ0v) is 9.98. The number of hydrogen-bond acceptors (Lipinski definition) is 5. The molecule has 17 heavy (non-hydrogen) atoms. The molecule has 0 bridgehead atoms. The molecule has 0 aromatic rings. The number of hydrogen-bond donors (Lipinski definition) is 0. The summed E-state index contributed by atoms with van der Waals surface area (Å²) in [6.45, 7) is 0.